The molecule has 2 aromatic heterocycles. The molecular weight excluding hydrogens is 480 g/mol. The molecule has 0 spiro atoms. The molecular formula is C25H34N6O4S. The molecule has 36 heavy (non-hydrogen) atoms. The Labute approximate surface area is 211 Å². The zero-order valence-electron chi connectivity index (χ0n) is 20.8. The number of aryl methyl sites for hydroxylation is 1. The van der Waals surface area contributed by atoms with Gasteiger partial charge in [-0.1, -0.05) is 6.07 Å². The fraction of sp³-hybridized carbons (Fsp3) is 0.560. The first-order valence-electron chi connectivity index (χ1n) is 12.6. The number of hydrogen-bond donors (Lipinski definition) is 2. The molecule has 1 amide bonds. The van der Waals surface area contributed by atoms with E-state index >= 15 is 0 Å². The van der Waals surface area contributed by atoms with Gasteiger partial charge in [-0.2, -0.15) is 10.2 Å². The van der Waals surface area contributed by atoms with Crippen LogP contribution in [0.5, 0.6) is 0 Å². The summed E-state index contributed by atoms with van der Waals surface area (Å²) in [4.78, 5) is 14.6. The molecule has 1 saturated heterocycles. The van der Waals surface area contributed by atoms with Crippen molar-refractivity contribution in [2.45, 2.75) is 50.2 Å². The lowest BCUT2D eigenvalue weighted by Crippen LogP contribution is -2.53. The van der Waals surface area contributed by atoms with Gasteiger partial charge >= 0.3 is 0 Å². The van der Waals surface area contributed by atoms with Gasteiger partial charge in [-0.05, 0) is 61.8 Å². The van der Waals surface area contributed by atoms with E-state index in [1.165, 1.54) is 17.2 Å². The van der Waals surface area contributed by atoms with Crippen LogP contribution in [-0.4, -0.2) is 77.3 Å². The van der Waals surface area contributed by atoms with E-state index in [2.05, 4.69) is 38.2 Å². The number of H-pyrrole nitrogens is 1. The Bertz CT molecular complexity index is 1300. The number of likely N-dealkylation sites (tertiary alicyclic amines) is 1. The van der Waals surface area contributed by atoms with Gasteiger partial charge in [0.2, 0.25) is 10.0 Å². The van der Waals surface area contributed by atoms with Gasteiger partial charge in [0, 0.05) is 43.7 Å². The Kier molecular flexibility index (Phi) is 7.14. The number of aromatic amines is 1. The number of amides is 1. The highest BCUT2D eigenvalue weighted by Crippen LogP contribution is 2.35. The van der Waals surface area contributed by atoms with Crippen LogP contribution in [0, 0.1) is 5.92 Å². The highest BCUT2D eigenvalue weighted by molar-refractivity contribution is 7.88. The van der Waals surface area contributed by atoms with Crippen LogP contribution < -0.4 is 4.72 Å². The zero-order chi connectivity index (χ0) is 25.3. The van der Waals surface area contributed by atoms with E-state index < -0.39 is 10.0 Å². The lowest BCUT2D eigenvalue weighted by molar-refractivity contribution is -0.0150. The standard InChI is InChI=1S/C25H34N6O4S/c1-30-24-8-5-18(13-19(24)14-27-30)17-3-6-21(7-4-17)35-16-20-15-31(25(32)23-9-11-26-28-23)12-10-22(20)29-36(2,33)34/h5,8-9,11,13-14,17,20-22,29H,3-4,6-7,10,12,15-16H2,1-2H3,(H,26,28)/t17?,20-,21?,22-/m0/s1. The second-order valence-electron chi connectivity index (χ2n) is 10.2. The Hall–Kier alpha value is -2.76. The van der Waals surface area contributed by atoms with Crippen LogP contribution in [0.25, 0.3) is 10.9 Å². The van der Waals surface area contributed by atoms with Crippen molar-refractivity contribution in [3.05, 3.63) is 47.9 Å². The van der Waals surface area contributed by atoms with Crippen LogP contribution in [0.2, 0.25) is 0 Å². The molecule has 2 atom stereocenters. The molecule has 0 radical (unpaired) electrons. The molecule has 0 unspecified atom stereocenters. The number of piperidine rings is 1. The first-order chi connectivity index (χ1) is 17.3. The molecule has 1 aliphatic heterocycles. The van der Waals surface area contributed by atoms with Crippen LogP contribution in [0.1, 0.15) is 54.1 Å². The molecule has 10 nitrogen and oxygen atoms in total. The SMILES string of the molecule is Cn1ncc2cc(C3CCC(OC[C@@H]4CN(C(=O)c5ccn[nH]5)CC[C@@H]4NS(C)(=O)=O)CC3)ccc21. The summed E-state index contributed by atoms with van der Waals surface area (Å²) in [6.45, 7) is 1.33. The number of carbonyl (C=O) groups excluding carboxylic acids is 1. The maximum Gasteiger partial charge on any atom is 0.271 e. The van der Waals surface area contributed by atoms with E-state index in [0.717, 1.165) is 31.2 Å². The molecule has 2 aliphatic rings. The number of sulfonamides is 1. The third kappa shape index (κ3) is 5.63. The number of nitrogens with zero attached hydrogens (tertiary/aromatic N) is 4. The average molecular weight is 515 g/mol. The maximum atomic E-state index is 12.8. The molecule has 0 bridgehead atoms. The molecule has 5 rings (SSSR count). The van der Waals surface area contributed by atoms with Crippen molar-refractivity contribution in [1.29, 1.82) is 0 Å². The molecule has 194 valence electrons. The van der Waals surface area contributed by atoms with Gasteiger partial charge in [-0.25, -0.2) is 13.1 Å². The molecule has 2 fully saturated rings. The van der Waals surface area contributed by atoms with Gasteiger partial charge in [0.05, 0.1) is 30.7 Å². The maximum absolute atomic E-state index is 12.8. The van der Waals surface area contributed by atoms with E-state index in [-0.39, 0.29) is 24.0 Å². The Morgan fingerprint density at radius 1 is 1.19 bits per heavy atom. The topological polar surface area (TPSA) is 122 Å². The summed E-state index contributed by atoms with van der Waals surface area (Å²) in [5.74, 6) is 0.263. The first kappa shape index (κ1) is 24.9. The lowest BCUT2D eigenvalue weighted by Gasteiger charge is -2.39. The van der Waals surface area contributed by atoms with Gasteiger partial charge in [0.25, 0.3) is 5.91 Å². The summed E-state index contributed by atoms with van der Waals surface area (Å²) in [6.07, 6.45) is 9.36. The number of hydrogen-bond acceptors (Lipinski definition) is 6. The van der Waals surface area contributed by atoms with Crippen molar-refractivity contribution in [2.75, 3.05) is 26.0 Å². The number of ether oxygens (including phenoxy) is 1. The van der Waals surface area contributed by atoms with Crippen molar-refractivity contribution in [1.82, 2.24) is 29.6 Å². The zero-order valence-corrected chi connectivity index (χ0v) is 21.6. The molecule has 3 heterocycles. The average Bonchev–Trinajstić information content (AvgIpc) is 3.53. The fourth-order valence-corrected chi connectivity index (χ4v) is 6.48. The number of rotatable bonds is 7. The first-order valence-corrected chi connectivity index (χ1v) is 14.4. The highest BCUT2D eigenvalue weighted by atomic mass is 32.2. The van der Waals surface area contributed by atoms with Gasteiger partial charge in [0.1, 0.15) is 5.69 Å². The summed E-state index contributed by atoms with van der Waals surface area (Å²) >= 11 is 0. The van der Waals surface area contributed by atoms with Crippen LogP contribution in [0.15, 0.2) is 36.7 Å². The van der Waals surface area contributed by atoms with E-state index in [4.69, 9.17) is 4.74 Å². The Morgan fingerprint density at radius 3 is 2.72 bits per heavy atom. The van der Waals surface area contributed by atoms with Crippen LogP contribution in [0.4, 0.5) is 0 Å². The van der Waals surface area contributed by atoms with Crippen molar-refractivity contribution in [3.63, 3.8) is 0 Å². The summed E-state index contributed by atoms with van der Waals surface area (Å²) in [5.41, 5.74) is 2.93. The number of aromatic nitrogens is 4. The Balaban J connectivity index is 1.18. The minimum atomic E-state index is -3.36. The quantitative estimate of drug-likeness (QED) is 0.499. The number of fused-ring (bicyclic) bond motifs is 1. The third-order valence-electron chi connectivity index (χ3n) is 7.58. The Morgan fingerprint density at radius 2 is 2.00 bits per heavy atom. The highest BCUT2D eigenvalue weighted by Gasteiger charge is 2.35. The minimum absolute atomic E-state index is 0.119. The number of benzene rings is 1. The second-order valence-corrected chi connectivity index (χ2v) is 11.9. The monoisotopic (exact) mass is 514 g/mol. The summed E-state index contributed by atoms with van der Waals surface area (Å²) in [5, 5.41) is 12.1. The van der Waals surface area contributed by atoms with Crippen molar-refractivity contribution in [3.8, 4) is 0 Å². The number of carbonyl (C=O) groups is 1. The largest absolute Gasteiger partial charge is 0.378 e. The van der Waals surface area contributed by atoms with Gasteiger partial charge in [-0.15, -0.1) is 0 Å². The molecule has 1 aromatic carbocycles. The fourth-order valence-electron chi connectivity index (χ4n) is 5.62. The van der Waals surface area contributed by atoms with Crippen molar-refractivity contribution >= 4 is 26.8 Å². The smallest absolute Gasteiger partial charge is 0.271 e. The third-order valence-corrected chi connectivity index (χ3v) is 8.31. The predicted octanol–water partition coefficient (Wildman–Crippen LogP) is 2.42. The van der Waals surface area contributed by atoms with Gasteiger partial charge in [-0.3, -0.25) is 14.6 Å². The van der Waals surface area contributed by atoms with Crippen LogP contribution in [-0.2, 0) is 21.8 Å². The van der Waals surface area contributed by atoms with Crippen molar-refractivity contribution in [2.24, 2.45) is 13.0 Å². The van der Waals surface area contributed by atoms with Crippen LogP contribution >= 0.6 is 0 Å². The molecule has 2 N–H and O–H groups in total. The minimum Gasteiger partial charge on any atom is -0.378 e. The van der Waals surface area contributed by atoms with E-state index in [1.807, 2.05) is 17.9 Å². The molecule has 3 aromatic rings. The van der Waals surface area contributed by atoms with Crippen molar-refractivity contribution < 1.29 is 17.9 Å². The van der Waals surface area contributed by atoms with E-state index in [9.17, 15) is 13.2 Å². The second kappa shape index (κ2) is 10.3. The van der Waals surface area contributed by atoms with Crippen LogP contribution in [0.3, 0.4) is 0 Å². The summed E-state index contributed by atoms with van der Waals surface area (Å²) in [6, 6.07) is 8.01. The molecule has 1 aliphatic carbocycles. The molecule has 11 heteroatoms. The van der Waals surface area contributed by atoms with E-state index in [0.29, 0.717) is 37.7 Å². The lowest BCUT2D eigenvalue weighted by atomic mass is 9.82. The summed E-state index contributed by atoms with van der Waals surface area (Å²) in [7, 11) is -1.41. The number of nitrogens with one attached hydrogen (secondary N) is 2. The van der Waals surface area contributed by atoms with Gasteiger partial charge in [0.15, 0.2) is 0 Å². The summed E-state index contributed by atoms with van der Waals surface area (Å²) < 4.78 is 34.9. The van der Waals surface area contributed by atoms with E-state index in [1.54, 1.807) is 17.2 Å². The van der Waals surface area contributed by atoms with Gasteiger partial charge < -0.3 is 9.64 Å². The molecule has 1 saturated carbocycles. The normalized spacial score (nSPS) is 25.3. The predicted molar refractivity (Wildman–Crippen MR) is 136 cm³/mol.